The average Bonchev–Trinajstić information content (AvgIpc) is 3.20. The van der Waals surface area contributed by atoms with E-state index in [1.54, 1.807) is 0 Å². The molecule has 1 fully saturated rings. The van der Waals surface area contributed by atoms with Crippen LogP contribution in [0.3, 0.4) is 0 Å². The van der Waals surface area contributed by atoms with Crippen LogP contribution in [0, 0.1) is 0 Å². The zero-order valence-corrected chi connectivity index (χ0v) is 34.7. The second-order valence-electron chi connectivity index (χ2n) is 14.8. The molecule has 0 aromatic rings. The summed E-state index contributed by atoms with van der Waals surface area (Å²) in [5.74, 6) is -95.8. The van der Waals surface area contributed by atoms with Crippen molar-refractivity contribution in [2.45, 2.75) is 103 Å². The van der Waals surface area contributed by atoms with Crippen molar-refractivity contribution in [3.63, 3.8) is 0 Å². The molecule has 70 heavy (non-hydrogen) atoms. The number of hydrogen-bond acceptors (Lipinski definition) is 7. The van der Waals surface area contributed by atoms with Gasteiger partial charge in [0.2, 0.25) is 0 Å². The normalized spacial score (nSPS) is 19.3. The lowest BCUT2D eigenvalue weighted by atomic mass is 9.91. The smallest absolute Gasteiger partial charge is 0.379 e. The SMILES string of the molecule is FC(F)(F)C(F)(F)C(F)(F)C(F)(F)C(F)(F)C(F)(F)C(F)(F)COCCN1CCCCCOCCOCCN(CCOCC(F)(F)C(F)(F)C(F)(F)C(F)(F)C(F)(F)C(F)(F)C(F)(F)F)CCOCC1. The largest absolute Gasteiger partial charge is 0.460 e. The van der Waals surface area contributed by atoms with Crippen molar-refractivity contribution >= 4 is 0 Å². The lowest BCUT2D eigenvalue weighted by Gasteiger charge is -2.41. The highest BCUT2D eigenvalue weighted by molar-refractivity contribution is 5.14. The van der Waals surface area contributed by atoms with E-state index in [0.29, 0.717) is 12.8 Å². The van der Waals surface area contributed by atoms with Gasteiger partial charge in [-0.15, -0.1) is 0 Å². The molecule has 1 aliphatic rings. The Kier molecular flexibility index (Phi) is 21.6. The standard InChI is InChI=1S/C33H38F30N2O5/c34-20(35,22(38,39)24(42,43)26(46,47)28(50,51)30(54,55)32(58,59)60)18-69-14-8-64-4-2-1-3-10-66-16-17-68-13-7-65(6-12-67-11-5-64)9-15-70-19-21(36,37)23(40,41)25(44,45)27(48,49)29(52,53)31(56,57)33(61,62)63/h1-19H2. The molecule has 0 bridgehead atoms. The predicted octanol–water partition coefficient (Wildman–Crippen LogP) is 10.6. The summed E-state index contributed by atoms with van der Waals surface area (Å²) < 4.78 is 428. The molecule has 420 valence electrons. The molecule has 1 heterocycles. The minimum Gasteiger partial charge on any atom is -0.379 e. The zero-order chi connectivity index (χ0) is 55.1. The average molecular weight is 1110 g/mol. The van der Waals surface area contributed by atoms with Gasteiger partial charge in [0.25, 0.3) is 0 Å². The van der Waals surface area contributed by atoms with Crippen molar-refractivity contribution < 1.29 is 155 Å². The van der Waals surface area contributed by atoms with Gasteiger partial charge in [0.05, 0.1) is 46.2 Å². The van der Waals surface area contributed by atoms with Gasteiger partial charge in [-0.25, -0.2) is 0 Å². The van der Waals surface area contributed by atoms with Crippen LogP contribution in [-0.2, 0) is 23.7 Å². The Hall–Kier alpha value is -2.38. The van der Waals surface area contributed by atoms with E-state index in [4.69, 9.17) is 14.2 Å². The maximum atomic E-state index is 14.2. The summed E-state index contributed by atoms with van der Waals surface area (Å²) in [6, 6.07) is 0. The number of rotatable bonds is 20. The van der Waals surface area contributed by atoms with Gasteiger partial charge in [-0.05, 0) is 25.8 Å². The van der Waals surface area contributed by atoms with E-state index in [1.165, 1.54) is 4.90 Å². The second kappa shape index (κ2) is 23.0. The van der Waals surface area contributed by atoms with E-state index in [1.807, 2.05) is 0 Å². The fourth-order valence-corrected chi connectivity index (χ4v) is 5.36. The van der Waals surface area contributed by atoms with Crippen LogP contribution in [0.25, 0.3) is 0 Å². The summed E-state index contributed by atoms with van der Waals surface area (Å²) in [5.41, 5.74) is 0. The van der Waals surface area contributed by atoms with Gasteiger partial charge < -0.3 is 23.7 Å². The molecule has 0 spiro atoms. The topological polar surface area (TPSA) is 52.6 Å². The van der Waals surface area contributed by atoms with E-state index in [2.05, 4.69) is 9.47 Å². The van der Waals surface area contributed by atoms with Crippen LogP contribution in [0.1, 0.15) is 19.3 Å². The van der Waals surface area contributed by atoms with E-state index >= 15 is 0 Å². The first kappa shape index (κ1) is 65.6. The molecule has 37 heteroatoms. The number of ether oxygens (including phenoxy) is 5. The lowest BCUT2D eigenvalue weighted by molar-refractivity contribution is -0.453. The van der Waals surface area contributed by atoms with Crippen LogP contribution >= 0.6 is 0 Å². The molecule has 0 unspecified atom stereocenters. The van der Waals surface area contributed by atoms with Gasteiger partial charge in [0, 0.05) is 39.3 Å². The van der Waals surface area contributed by atoms with Crippen molar-refractivity contribution in [3.8, 4) is 0 Å². The Balaban J connectivity index is 3.01. The second-order valence-corrected chi connectivity index (χ2v) is 14.8. The number of alkyl halides is 30. The zero-order valence-electron chi connectivity index (χ0n) is 34.7. The Morgan fingerprint density at radius 2 is 0.557 bits per heavy atom. The third-order valence-electron chi connectivity index (χ3n) is 9.75. The molecular formula is C33H38F30N2O5. The van der Waals surface area contributed by atoms with Gasteiger partial charge in [-0.2, -0.15) is 132 Å². The molecule has 0 aromatic carbocycles. The van der Waals surface area contributed by atoms with Crippen LogP contribution in [0.5, 0.6) is 0 Å². The predicted molar refractivity (Wildman–Crippen MR) is 172 cm³/mol. The summed E-state index contributed by atoms with van der Waals surface area (Å²) >= 11 is 0. The van der Waals surface area contributed by atoms with E-state index < -0.39 is 136 Å². The van der Waals surface area contributed by atoms with Gasteiger partial charge in [0.15, 0.2) is 0 Å². The first-order chi connectivity index (χ1) is 31.2. The molecule has 1 rings (SSSR count). The van der Waals surface area contributed by atoms with Crippen molar-refractivity contribution in [1.29, 1.82) is 0 Å². The molecular weight excluding hydrogens is 1070 g/mol. The van der Waals surface area contributed by atoms with E-state index in [9.17, 15) is 132 Å². The van der Waals surface area contributed by atoms with Gasteiger partial charge in [0.1, 0.15) is 13.2 Å². The van der Waals surface area contributed by atoms with Crippen molar-refractivity contribution in [3.05, 3.63) is 0 Å². The van der Waals surface area contributed by atoms with Crippen LogP contribution in [0.4, 0.5) is 132 Å². The fourth-order valence-electron chi connectivity index (χ4n) is 5.36. The number of hydrogen-bond donors (Lipinski definition) is 0. The maximum Gasteiger partial charge on any atom is 0.460 e. The Labute approximate surface area is 373 Å². The molecule has 0 aromatic heterocycles. The highest BCUT2D eigenvalue weighted by Crippen LogP contribution is 2.64. The summed E-state index contributed by atoms with van der Waals surface area (Å²) in [5, 5.41) is 0. The minimum atomic E-state index is -8.50. The summed E-state index contributed by atoms with van der Waals surface area (Å²) in [4.78, 5) is 2.31. The van der Waals surface area contributed by atoms with Crippen LogP contribution < -0.4 is 0 Å². The van der Waals surface area contributed by atoms with Gasteiger partial charge in [-0.3, -0.25) is 9.80 Å². The van der Waals surface area contributed by atoms with E-state index in [0.717, 1.165) is 4.90 Å². The molecule has 1 aliphatic heterocycles. The first-order valence-corrected chi connectivity index (χ1v) is 19.2. The third kappa shape index (κ3) is 13.3. The maximum absolute atomic E-state index is 14.2. The Bertz CT molecular complexity index is 1480. The molecule has 0 radical (unpaired) electrons. The monoisotopic (exact) mass is 1110 g/mol. The summed E-state index contributed by atoms with van der Waals surface area (Å²) in [6.45, 7) is -12.3. The highest BCUT2D eigenvalue weighted by atomic mass is 19.4. The van der Waals surface area contributed by atoms with E-state index in [-0.39, 0.29) is 59.0 Å². The highest BCUT2D eigenvalue weighted by Gasteiger charge is 2.95. The van der Waals surface area contributed by atoms with Gasteiger partial charge >= 0.3 is 83.4 Å². The van der Waals surface area contributed by atoms with Crippen molar-refractivity contribution in [2.75, 3.05) is 105 Å². The minimum absolute atomic E-state index is 0.0571. The number of nitrogens with zero attached hydrogens (tertiary/aromatic N) is 2. The summed E-state index contributed by atoms with van der Waals surface area (Å²) in [7, 11) is 0. The first-order valence-electron chi connectivity index (χ1n) is 19.2. The van der Waals surface area contributed by atoms with Crippen LogP contribution in [-0.4, -0.2) is 199 Å². The fraction of sp³-hybridized carbons (Fsp3) is 1.00. The molecule has 0 amide bonds. The summed E-state index contributed by atoms with van der Waals surface area (Å²) in [6.07, 6.45) is -14.7. The van der Waals surface area contributed by atoms with Crippen molar-refractivity contribution in [1.82, 2.24) is 9.80 Å². The van der Waals surface area contributed by atoms with Gasteiger partial charge in [-0.1, -0.05) is 0 Å². The van der Waals surface area contributed by atoms with Crippen molar-refractivity contribution in [2.24, 2.45) is 0 Å². The van der Waals surface area contributed by atoms with Crippen LogP contribution in [0.2, 0.25) is 0 Å². The molecule has 0 saturated carbocycles. The molecule has 0 N–H and O–H groups in total. The Morgan fingerprint density at radius 1 is 0.286 bits per heavy atom. The molecule has 0 atom stereocenters. The quantitative estimate of drug-likeness (QED) is 0.0889. The third-order valence-corrected chi connectivity index (χ3v) is 9.75. The van der Waals surface area contributed by atoms with Crippen LogP contribution in [0.15, 0.2) is 0 Å². The lowest BCUT2D eigenvalue weighted by Crippen LogP contribution is -2.73. The molecule has 7 nitrogen and oxygen atoms in total. The molecule has 1 saturated heterocycles. The molecule has 0 aliphatic carbocycles. The number of halogens is 30. The Morgan fingerprint density at radius 3 is 0.886 bits per heavy atom.